The van der Waals surface area contributed by atoms with Crippen LogP contribution in [0.3, 0.4) is 0 Å². The number of carbonyl (C=O) groups is 1. The van der Waals surface area contributed by atoms with Gasteiger partial charge in [0.15, 0.2) is 0 Å². The number of hydrogen-bond acceptors (Lipinski definition) is 3. The number of rotatable bonds is 4. The van der Waals surface area contributed by atoms with Gasteiger partial charge in [-0.05, 0) is 37.8 Å². The van der Waals surface area contributed by atoms with E-state index in [0.717, 1.165) is 17.7 Å². The van der Waals surface area contributed by atoms with Gasteiger partial charge in [0.2, 0.25) is 0 Å². The smallest absolute Gasteiger partial charge is 0.316 e. The largest absolute Gasteiger partial charge is 0.462 e. The molecule has 1 aliphatic carbocycles. The zero-order chi connectivity index (χ0) is 11.2. The van der Waals surface area contributed by atoms with Gasteiger partial charge in [0, 0.05) is 4.90 Å². The van der Waals surface area contributed by atoms with Gasteiger partial charge in [-0.25, -0.2) is 0 Å². The molecule has 1 fully saturated rings. The van der Waals surface area contributed by atoms with Crippen LogP contribution in [0.1, 0.15) is 25.7 Å². The number of esters is 1. The Kier molecular flexibility index (Phi) is 4.28. The maximum atomic E-state index is 11.5. The second kappa shape index (κ2) is 5.94. The van der Waals surface area contributed by atoms with Crippen LogP contribution in [0.4, 0.5) is 0 Å². The van der Waals surface area contributed by atoms with Crippen molar-refractivity contribution in [1.82, 2.24) is 0 Å². The molecule has 0 unspecified atom stereocenters. The van der Waals surface area contributed by atoms with Gasteiger partial charge in [0.25, 0.3) is 0 Å². The molecule has 0 heterocycles. The number of hydrogen-bond donors (Lipinski definition) is 0. The lowest BCUT2D eigenvalue weighted by Crippen LogP contribution is -2.16. The van der Waals surface area contributed by atoms with Gasteiger partial charge in [0.1, 0.15) is 6.10 Å². The monoisotopic (exact) mass is 236 g/mol. The van der Waals surface area contributed by atoms with E-state index in [-0.39, 0.29) is 12.1 Å². The van der Waals surface area contributed by atoms with E-state index in [1.165, 1.54) is 24.6 Å². The molecular weight excluding hydrogens is 220 g/mol. The summed E-state index contributed by atoms with van der Waals surface area (Å²) in [6.07, 6.45) is 4.67. The average molecular weight is 236 g/mol. The van der Waals surface area contributed by atoms with E-state index < -0.39 is 0 Å². The second-order valence-corrected chi connectivity index (χ2v) is 5.05. The van der Waals surface area contributed by atoms with Crippen LogP contribution in [0, 0.1) is 0 Å². The molecule has 0 aliphatic heterocycles. The van der Waals surface area contributed by atoms with E-state index in [1.54, 1.807) is 0 Å². The van der Waals surface area contributed by atoms with Crippen LogP contribution in [-0.4, -0.2) is 17.8 Å². The first-order valence-corrected chi connectivity index (χ1v) is 6.70. The Labute approximate surface area is 100 Å². The predicted molar refractivity (Wildman–Crippen MR) is 65.5 cm³/mol. The zero-order valence-electron chi connectivity index (χ0n) is 9.22. The maximum absolute atomic E-state index is 11.5. The van der Waals surface area contributed by atoms with Gasteiger partial charge in [-0.15, -0.1) is 11.8 Å². The van der Waals surface area contributed by atoms with Crippen molar-refractivity contribution in [3.63, 3.8) is 0 Å². The summed E-state index contributed by atoms with van der Waals surface area (Å²) in [7, 11) is 0. The summed E-state index contributed by atoms with van der Waals surface area (Å²) in [5.74, 6) is 0.335. The Morgan fingerprint density at radius 1 is 1.25 bits per heavy atom. The molecule has 0 saturated heterocycles. The first-order valence-electron chi connectivity index (χ1n) is 5.72. The standard InChI is InChI=1S/C13H16O2S/c14-13(15-11-6-4-5-7-11)10-16-12-8-2-1-3-9-12/h1-3,8-9,11H,4-7,10H2. The fourth-order valence-corrected chi connectivity index (χ4v) is 2.59. The molecule has 0 atom stereocenters. The quantitative estimate of drug-likeness (QED) is 0.593. The Balaban J connectivity index is 1.71. The molecule has 1 aromatic carbocycles. The minimum atomic E-state index is -0.0826. The maximum Gasteiger partial charge on any atom is 0.316 e. The van der Waals surface area contributed by atoms with Crippen LogP contribution in [0.5, 0.6) is 0 Å². The highest BCUT2D eigenvalue weighted by Gasteiger charge is 2.18. The Hall–Kier alpha value is -0.960. The molecule has 86 valence electrons. The van der Waals surface area contributed by atoms with Gasteiger partial charge < -0.3 is 4.74 Å². The molecule has 0 amide bonds. The molecule has 2 rings (SSSR count). The van der Waals surface area contributed by atoms with Gasteiger partial charge in [-0.3, -0.25) is 4.79 Å². The van der Waals surface area contributed by atoms with Gasteiger partial charge in [0.05, 0.1) is 5.75 Å². The summed E-state index contributed by atoms with van der Waals surface area (Å²) in [4.78, 5) is 12.6. The normalized spacial score (nSPS) is 16.2. The van der Waals surface area contributed by atoms with Crippen molar-refractivity contribution in [2.24, 2.45) is 0 Å². The van der Waals surface area contributed by atoms with E-state index in [9.17, 15) is 4.79 Å². The molecule has 1 aliphatic rings. The van der Waals surface area contributed by atoms with Crippen molar-refractivity contribution >= 4 is 17.7 Å². The molecule has 0 spiro atoms. The predicted octanol–water partition coefficient (Wildman–Crippen LogP) is 3.26. The Morgan fingerprint density at radius 3 is 2.62 bits per heavy atom. The van der Waals surface area contributed by atoms with Crippen LogP contribution < -0.4 is 0 Å². The summed E-state index contributed by atoms with van der Waals surface area (Å²) in [6, 6.07) is 9.94. The molecule has 1 aromatic rings. The van der Waals surface area contributed by atoms with Crippen LogP contribution in [0.2, 0.25) is 0 Å². The molecule has 2 nitrogen and oxygen atoms in total. The average Bonchev–Trinajstić information content (AvgIpc) is 2.81. The zero-order valence-corrected chi connectivity index (χ0v) is 10.0. The topological polar surface area (TPSA) is 26.3 Å². The molecule has 0 bridgehead atoms. The van der Waals surface area contributed by atoms with E-state index in [0.29, 0.717) is 5.75 Å². The van der Waals surface area contributed by atoms with E-state index in [1.807, 2.05) is 30.3 Å². The Morgan fingerprint density at radius 2 is 1.94 bits per heavy atom. The van der Waals surface area contributed by atoms with Crippen LogP contribution in [0.15, 0.2) is 35.2 Å². The first kappa shape index (κ1) is 11.5. The third kappa shape index (κ3) is 3.56. The lowest BCUT2D eigenvalue weighted by molar-refractivity contribution is -0.145. The SMILES string of the molecule is O=C(CSc1ccccc1)OC1CCCC1. The molecule has 16 heavy (non-hydrogen) atoms. The summed E-state index contributed by atoms with van der Waals surface area (Å²) in [6.45, 7) is 0. The van der Waals surface area contributed by atoms with Crippen LogP contribution in [-0.2, 0) is 9.53 Å². The molecule has 0 radical (unpaired) electrons. The van der Waals surface area contributed by atoms with Gasteiger partial charge >= 0.3 is 5.97 Å². The molecule has 3 heteroatoms. The van der Waals surface area contributed by atoms with Crippen molar-refractivity contribution < 1.29 is 9.53 Å². The molecular formula is C13H16O2S. The van der Waals surface area contributed by atoms with E-state index >= 15 is 0 Å². The van der Waals surface area contributed by atoms with Crippen LogP contribution in [0.25, 0.3) is 0 Å². The third-order valence-electron chi connectivity index (χ3n) is 2.70. The molecule has 0 aromatic heterocycles. The van der Waals surface area contributed by atoms with E-state index in [2.05, 4.69) is 0 Å². The third-order valence-corrected chi connectivity index (χ3v) is 3.69. The number of carbonyl (C=O) groups excluding carboxylic acids is 1. The van der Waals surface area contributed by atoms with Crippen molar-refractivity contribution in [3.05, 3.63) is 30.3 Å². The second-order valence-electron chi connectivity index (χ2n) is 4.00. The van der Waals surface area contributed by atoms with Gasteiger partial charge in [-0.2, -0.15) is 0 Å². The highest BCUT2D eigenvalue weighted by molar-refractivity contribution is 8.00. The first-order chi connectivity index (χ1) is 7.84. The van der Waals surface area contributed by atoms with Gasteiger partial charge in [-0.1, -0.05) is 18.2 Å². The number of ether oxygens (including phenoxy) is 1. The summed E-state index contributed by atoms with van der Waals surface area (Å²) in [5, 5.41) is 0. The fraction of sp³-hybridized carbons (Fsp3) is 0.462. The van der Waals surface area contributed by atoms with Crippen molar-refractivity contribution in [1.29, 1.82) is 0 Å². The highest BCUT2D eigenvalue weighted by Crippen LogP contribution is 2.22. The number of benzene rings is 1. The minimum Gasteiger partial charge on any atom is -0.462 e. The van der Waals surface area contributed by atoms with Crippen molar-refractivity contribution in [3.8, 4) is 0 Å². The number of thioether (sulfide) groups is 1. The summed E-state index contributed by atoms with van der Waals surface area (Å²) in [5.41, 5.74) is 0. The Bertz CT molecular complexity index is 331. The van der Waals surface area contributed by atoms with E-state index in [4.69, 9.17) is 4.74 Å². The van der Waals surface area contributed by atoms with Crippen molar-refractivity contribution in [2.45, 2.75) is 36.7 Å². The lowest BCUT2D eigenvalue weighted by atomic mass is 10.3. The molecule has 0 N–H and O–H groups in total. The molecule has 1 saturated carbocycles. The lowest BCUT2D eigenvalue weighted by Gasteiger charge is -2.10. The fourth-order valence-electron chi connectivity index (χ4n) is 1.89. The van der Waals surface area contributed by atoms with Crippen LogP contribution >= 0.6 is 11.8 Å². The minimum absolute atomic E-state index is 0.0826. The van der Waals surface area contributed by atoms with Crippen molar-refractivity contribution in [2.75, 3.05) is 5.75 Å². The highest BCUT2D eigenvalue weighted by atomic mass is 32.2. The summed E-state index contributed by atoms with van der Waals surface area (Å²) < 4.78 is 5.37. The summed E-state index contributed by atoms with van der Waals surface area (Å²) >= 11 is 1.54.